The van der Waals surface area contributed by atoms with Crippen LogP contribution in [-0.2, 0) is 10.2 Å². The van der Waals surface area contributed by atoms with Gasteiger partial charge in [0.05, 0.1) is 6.10 Å². The molecule has 1 aromatic carbocycles. The molecule has 0 bridgehead atoms. The van der Waals surface area contributed by atoms with Crippen LogP contribution < -0.4 is 0 Å². The van der Waals surface area contributed by atoms with Gasteiger partial charge in [0.1, 0.15) is 0 Å². The topological polar surface area (TPSA) is 9.23 Å². The Bertz CT molecular complexity index is 307. The van der Waals surface area contributed by atoms with Gasteiger partial charge in [0.15, 0.2) is 0 Å². The molecule has 2 heteroatoms. The molecule has 0 fully saturated rings. The number of ether oxygens (including phenoxy) is 1. The summed E-state index contributed by atoms with van der Waals surface area (Å²) >= 11 is 3.57. The monoisotopic (exact) mass is 256 g/mol. The fraction of sp³-hybridized carbons (Fsp3) is 0.500. The second-order valence-electron chi connectivity index (χ2n) is 4.08. The van der Waals surface area contributed by atoms with Crippen molar-refractivity contribution in [2.75, 3.05) is 7.11 Å². The Balaban J connectivity index is 3.09. The van der Waals surface area contributed by atoms with Crippen molar-refractivity contribution in [1.82, 2.24) is 0 Å². The molecule has 0 heterocycles. The second kappa shape index (κ2) is 4.45. The van der Waals surface area contributed by atoms with Crippen LogP contribution in [0.4, 0.5) is 0 Å². The average molecular weight is 257 g/mol. The normalized spacial score (nSPS) is 14.1. The van der Waals surface area contributed by atoms with Gasteiger partial charge >= 0.3 is 0 Å². The van der Waals surface area contributed by atoms with Crippen LogP contribution in [0.1, 0.15) is 26.3 Å². The minimum atomic E-state index is 0.0227. The van der Waals surface area contributed by atoms with Gasteiger partial charge in [-0.3, -0.25) is 0 Å². The lowest BCUT2D eigenvalue weighted by atomic mass is 9.80. The summed E-state index contributed by atoms with van der Waals surface area (Å²) < 4.78 is 6.55. The van der Waals surface area contributed by atoms with E-state index in [2.05, 4.69) is 54.9 Å². The Morgan fingerprint density at radius 1 is 1.29 bits per heavy atom. The molecule has 0 amide bonds. The molecular weight excluding hydrogens is 240 g/mol. The molecule has 0 aliphatic carbocycles. The predicted octanol–water partition coefficient (Wildman–Crippen LogP) is 3.76. The first kappa shape index (κ1) is 11.7. The first-order valence-corrected chi connectivity index (χ1v) is 5.57. The maximum Gasteiger partial charge on any atom is 0.0634 e. The Hall–Kier alpha value is -0.340. The molecular formula is C12H17BrO. The van der Waals surface area contributed by atoms with E-state index in [9.17, 15) is 0 Å². The zero-order valence-corrected chi connectivity index (χ0v) is 10.8. The molecule has 0 N–H and O–H groups in total. The van der Waals surface area contributed by atoms with Crippen LogP contribution in [0.5, 0.6) is 0 Å². The number of halogens is 1. The van der Waals surface area contributed by atoms with Crippen molar-refractivity contribution in [2.24, 2.45) is 0 Å². The Kier molecular flexibility index (Phi) is 3.73. The van der Waals surface area contributed by atoms with E-state index in [-0.39, 0.29) is 11.5 Å². The Labute approximate surface area is 94.6 Å². The third-order valence-corrected chi connectivity index (χ3v) is 3.63. The summed E-state index contributed by atoms with van der Waals surface area (Å²) in [6.07, 6.45) is 0.196. The molecule has 1 unspecified atom stereocenters. The zero-order valence-electron chi connectivity index (χ0n) is 9.17. The molecule has 0 aromatic heterocycles. The minimum absolute atomic E-state index is 0.0227. The highest BCUT2D eigenvalue weighted by atomic mass is 79.9. The fourth-order valence-electron chi connectivity index (χ4n) is 1.50. The molecule has 1 aromatic rings. The number of hydrogen-bond donors (Lipinski definition) is 0. The highest BCUT2D eigenvalue weighted by molar-refractivity contribution is 9.10. The lowest BCUT2D eigenvalue weighted by Gasteiger charge is -2.32. The third kappa shape index (κ3) is 2.18. The molecule has 1 atom stereocenters. The lowest BCUT2D eigenvalue weighted by molar-refractivity contribution is 0.0604. The number of benzene rings is 1. The molecule has 0 saturated carbocycles. The van der Waals surface area contributed by atoms with Crippen LogP contribution in [0.15, 0.2) is 28.7 Å². The van der Waals surface area contributed by atoms with Crippen molar-refractivity contribution >= 4 is 15.9 Å². The minimum Gasteiger partial charge on any atom is -0.381 e. The van der Waals surface area contributed by atoms with E-state index in [1.54, 1.807) is 7.11 Å². The van der Waals surface area contributed by atoms with Crippen LogP contribution >= 0.6 is 15.9 Å². The summed E-state index contributed by atoms with van der Waals surface area (Å²) in [4.78, 5) is 0. The summed E-state index contributed by atoms with van der Waals surface area (Å²) in [5.41, 5.74) is 1.31. The van der Waals surface area contributed by atoms with Crippen molar-refractivity contribution in [3.05, 3.63) is 34.3 Å². The van der Waals surface area contributed by atoms with E-state index in [4.69, 9.17) is 4.74 Å². The summed E-state index contributed by atoms with van der Waals surface area (Å²) in [7, 11) is 1.75. The molecule has 1 rings (SSSR count). The van der Waals surface area contributed by atoms with E-state index in [1.807, 2.05) is 6.07 Å². The quantitative estimate of drug-likeness (QED) is 0.801. The largest absolute Gasteiger partial charge is 0.381 e. The third-order valence-electron chi connectivity index (χ3n) is 2.94. The average Bonchev–Trinajstić information content (AvgIpc) is 2.17. The van der Waals surface area contributed by atoms with Gasteiger partial charge in [-0.2, -0.15) is 0 Å². The van der Waals surface area contributed by atoms with Crippen molar-refractivity contribution in [2.45, 2.75) is 32.3 Å². The van der Waals surface area contributed by atoms with E-state index in [0.717, 1.165) is 4.47 Å². The molecule has 0 aliphatic heterocycles. The van der Waals surface area contributed by atoms with Crippen molar-refractivity contribution in [3.8, 4) is 0 Å². The van der Waals surface area contributed by atoms with Gasteiger partial charge in [-0.1, -0.05) is 48.0 Å². The number of hydrogen-bond acceptors (Lipinski definition) is 1. The van der Waals surface area contributed by atoms with E-state index in [1.165, 1.54) is 5.56 Å². The van der Waals surface area contributed by atoms with Gasteiger partial charge in [0, 0.05) is 17.0 Å². The van der Waals surface area contributed by atoms with Gasteiger partial charge in [-0.05, 0) is 18.6 Å². The fourth-order valence-corrected chi connectivity index (χ4v) is 2.29. The molecule has 0 spiro atoms. The number of rotatable bonds is 3. The van der Waals surface area contributed by atoms with Gasteiger partial charge < -0.3 is 4.74 Å². The number of methoxy groups -OCH3 is 1. The smallest absolute Gasteiger partial charge is 0.0634 e. The molecule has 0 radical (unpaired) electrons. The summed E-state index contributed by atoms with van der Waals surface area (Å²) in [6.45, 7) is 6.49. The summed E-state index contributed by atoms with van der Waals surface area (Å²) in [5, 5.41) is 0. The van der Waals surface area contributed by atoms with Gasteiger partial charge in [0.25, 0.3) is 0 Å². The first-order chi connectivity index (χ1) is 6.50. The molecule has 1 nitrogen and oxygen atoms in total. The van der Waals surface area contributed by atoms with Gasteiger partial charge in [-0.15, -0.1) is 0 Å². The van der Waals surface area contributed by atoms with Crippen LogP contribution in [-0.4, -0.2) is 13.2 Å². The van der Waals surface area contributed by atoms with Crippen LogP contribution in [0.25, 0.3) is 0 Å². The lowest BCUT2D eigenvalue weighted by Crippen LogP contribution is -2.33. The zero-order chi connectivity index (χ0) is 10.8. The standard InChI is InChI=1S/C12H17BrO/c1-9(14-4)12(2,3)10-7-5-6-8-11(10)13/h5-9H,1-4H3. The van der Waals surface area contributed by atoms with Crippen molar-refractivity contribution < 1.29 is 4.74 Å². The highest BCUT2D eigenvalue weighted by Crippen LogP contribution is 2.33. The van der Waals surface area contributed by atoms with Crippen molar-refractivity contribution in [3.63, 3.8) is 0 Å². The predicted molar refractivity (Wildman–Crippen MR) is 63.6 cm³/mol. The molecule has 14 heavy (non-hydrogen) atoms. The van der Waals surface area contributed by atoms with E-state index >= 15 is 0 Å². The first-order valence-electron chi connectivity index (χ1n) is 4.78. The highest BCUT2D eigenvalue weighted by Gasteiger charge is 2.29. The van der Waals surface area contributed by atoms with Crippen molar-refractivity contribution in [1.29, 1.82) is 0 Å². The summed E-state index contributed by atoms with van der Waals surface area (Å²) in [5.74, 6) is 0. The summed E-state index contributed by atoms with van der Waals surface area (Å²) in [6, 6.07) is 8.30. The van der Waals surface area contributed by atoms with Crippen LogP contribution in [0, 0.1) is 0 Å². The van der Waals surface area contributed by atoms with E-state index in [0.29, 0.717) is 0 Å². The SMILES string of the molecule is COC(C)C(C)(C)c1ccccc1Br. The maximum atomic E-state index is 5.40. The second-order valence-corrected chi connectivity index (χ2v) is 4.93. The molecule has 78 valence electrons. The van der Waals surface area contributed by atoms with Gasteiger partial charge in [0.2, 0.25) is 0 Å². The molecule has 0 saturated heterocycles. The van der Waals surface area contributed by atoms with E-state index < -0.39 is 0 Å². The van der Waals surface area contributed by atoms with Gasteiger partial charge in [-0.25, -0.2) is 0 Å². The van der Waals surface area contributed by atoms with Crippen LogP contribution in [0.3, 0.4) is 0 Å². The Morgan fingerprint density at radius 3 is 2.36 bits per heavy atom. The van der Waals surface area contributed by atoms with Crippen LogP contribution in [0.2, 0.25) is 0 Å². The Morgan fingerprint density at radius 2 is 1.86 bits per heavy atom. The molecule has 0 aliphatic rings. The maximum absolute atomic E-state index is 5.40.